The molecule has 17 heavy (non-hydrogen) atoms. The monoisotopic (exact) mass is 231 g/mol. The van der Waals surface area contributed by atoms with Crippen molar-refractivity contribution in [3.8, 4) is 5.75 Å². The maximum Gasteiger partial charge on any atom is 0.356 e. The third kappa shape index (κ3) is 2.69. The zero-order valence-electron chi connectivity index (χ0n) is 8.66. The number of benzene rings is 1. The number of nitrogens with zero attached hydrogens (tertiary/aromatic N) is 2. The van der Waals surface area contributed by atoms with Crippen LogP contribution in [0.15, 0.2) is 36.7 Å². The summed E-state index contributed by atoms with van der Waals surface area (Å²) in [4.78, 5) is 18.2. The molecule has 3 N–H and O–H groups in total. The minimum Gasteiger partial charge on any atom is -0.508 e. The summed E-state index contributed by atoms with van der Waals surface area (Å²) < 4.78 is 0. The summed E-state index contributed by atoms with van der Waals surface area (Å²) in [5.41, 5.74) is 0.522. The molecule has 0 radical (unpaired) electrons. The molecular formula is C11H9N3O3. The van der Waals surface area contributed by atoms with Crippen LogP contribution in [0.4, 0.5) is 11.5 Å². The second-order valence-corrected chi connectivity index (χ2v) is 3.27. The van der Waals surface area contributed by atoms with Crippen molar-refractivity contribution in [1.29, 1.82) is 0 Å². The molecule has 6 heteroatoms. The number of carbonyl (C=O) groups is 1. The first-order valence-electron chi connectivity index (χ1n) is 4.76. The van der Waals surface area contributed by atoms with Crippen molar-refractivity contribution in [3.63, 3.8) is 0 Å². The minimum absolute atomic E-state index is 0.119. The van der Waals surface area contributed by atoms with Gasteiger partial charge in [0.2, 0.25) is 0 Å². The van der Waals surface area contributed by atoms with Crippen LogP contribution in [0, 0.1) is 0 Å². The third-order valence-electron chi connectivity index (χ3n) is 1.99. The Morgan fingerprint density at radius 3 is 2.65 bits per heavy atom. The van der Waals surface area contributed by atoms with Gasteiger partial charge in [-0.15, -0.1) is 0 Å². The van der Waals surface area contributed by atoms with Gasteiger partial charge in [0.1, 0.15) is 11.6 Å². The number of rotatable bonds is 3. The van der Waals surface area contributed by atoms with Gasteiger partial charge in [-0.25, -0.2) is 14.8 Å². The molecule has 0 amide bonds. The van der Waals surface area contributed by atoms with Crippen LogP contribution < -0.4 is 5.32 Å². The van der Waals surface area contributed by atoms with Gasteiger partial charge < -0.3 is 15.5 Å². The number of nitrogens with one attached hydrogen (secondary N) is 1. The van der Waals surface area contributed by atoms with E-state index in [1.54, 1.807) is 18.2 Å². The van der Waals surface area contributed by atoms with E-state index in [1.165, 1.54) is 12.3 Å². The maximum absolute atomic E-state index is 10.6. The highest BCUT2D eigenvalue weighted by atomic mass is 16.4. The molecular weight excluding hydrogens is 222 g/mol. The Morgan fingerprint density at radius 1 is 1.24 bits per heavy atom. The van der Waals surface area contributed by atoms with E-state index < -0.39 is 5.97 Å². The fraction of sp³-hybridized carbons (Fsp3) is 0. The van der Waals surface area contributed by atoms with Crippen LogP contribution in [0.5, 0.6) is 5.75 Å². The molecule has 1 aromatic carbocycles. The fourth-order valence-electron chi connectivity index (χ4n) is 1.23. The number of aromatic carboxylic acids is 1. The van der Waals surface area contributed by atoms with Gasteiger partial charge in [0.05, 0.1) is 12.4 Å². The molecule has 1 heterocycles. The normalized spacial score (nSPS) is 9.88. The molecule has 2 aromatic rings. The highest BCUT2D eigenvalue weighted by molar-refractivity contribution is 5.85. The van der Waals surface area contributed by atoms with E-state index in [2.05, 4.69) is 15.3 Å². The Labute approximate surface area is 96.6 Å². The smallest absolute Gasteiger partial charge is 0.356 e. The van der Waals surface area contributed by atoms with Crippen LogP contribution >= 0.6 is 0 Å². The lowest BCUT2D eigenvalue weighted by Gasteiger charge is -2.05. The molecule has 0 aliphatic carbocycles. The summed E-state index contributed by atoms with van der Waals surface area (Å²) in [5, 5.41) is 20.8. The largest absolute Gasteiger partial charge is 0.508 e. The Hall–Kier alpha value is -2.63. The lowest BCUT2D eigenvalue weighted by atomic mass is 10.3. The number of carboxylic acid groups (broad SMARTS) is 1. The summed E-state index contributed by atoms with van der Waals surface area (Å²) in [6, 6.07) is 6.49. The first kappa shape index (κ1) is 10.9. The first-order valence-corrected chi connectivity index (χ1v) is 4.76. The highest BCUT2D eigenvalue weighted by Crippen LogP contribution is 2.18. The Morgan fingerprint density at radius 2 is 2.06 bits per heavy atom. The van der Waals surface area contributed by atoms with E-state index in [0.29, 0.717) is 11.5 Å². The number of aromatic nitrogens is 2. The summed E-state index contributed by atoms with van der Waals surface area (Å²) >= 11 is 0. The van der Waals surface area contributed by atoms with E-state index in [9.17, 15) is 9.90 Å². The fourth-order valence-corrected chi connectivity index (χ4v) is 1.23. The van der Waals surface area contributed by atoms with Gasteiger partial charge >= 0.3 is 5.97 Å². The van der Waals surface area contributed by atoms with Crippen LogP contribution in [0.1, 0.15) is 10.5 Å². The molecule has 6 nitrogen and oxygen atoms in total. The summed E-state index contributed by atoms with van der Waals surface area (Å²) in [5.74, 6) is -0.591. The maximum atomic E-state index is 10.6. The molecule has 2 rings (SSSR count). The van der Waals surface area contributed by atoms with Crippen molar-refractivity contribution in [3.05, 3.63) is 42.4 Å². The number of anilines is 2. The van der Waals surface area contributed by atoms with Gasteiger partial charge in [0, 0.05) is 11.8 Å². The van der Waals surface area contributed by atoms with Gasteiger partial charge in [-0.2, -0.15) is 0 Å². The first-order chi connectivity index (χ1) is 8.15. The number of aromatic hydroxyl groups is 1. The quantitative estimate of drug-likeness (QED) is 0.743. The molecule has 0 saturated carbocycles. The number of phenolic OH excluding ortho intramolecular Hbond substituents is 1. The van der Waals surface area contributed by atoms with Crippen molar-refractivity contribution in [1.82, 2.24) is 9.97 Å². The molecule has 1 aromatic heterocycles. The Balaban J connectivity index is 2.16. The van der Waals surface area contributed by atoms with Crippen LogP contribution in [-0.4, -0.2) is 26.2 Å². The van der Waals surface area contributed by atoms with Crippen molar-refractivity contribution >= 4 is 17.5 Å². The summed E-state index contributed by atoms with van der Waals surface area (Å²) in [7, 11) is 0. The number of hydrogen-bond acceptors (Lipinski definition) is 5. The second-order valence-electron chi connectivity index (χ2n) is 3.27. The molecule has 0 spiro atoms. The average Bonchev–Trinajstić information content (AvgIpc) is 2.29. The molecule has 0 fully saturated rings. The van der Waals surface area contributed by atoms with Crippen LogP contribution in [0.25, 0.3) is 0 Å². The van der Waals surface area contributed by atoms with Gasteiger partial charge in [0.15, 0.2) is 5.69 Å². The van der Waals surface area contributed by atoms with Crippen molar-refractivity contribution < 1.29 is 15.0 Å². The van der Waals surface area contributed by atoms with Gasteiger partial charge in [-0.3, -0.25) is 0 Å². The van der Waals surface area contributed by atoms with Gasteiger partial charge in [0.25, 0.3) is 0 Å². The van der Waals surface area contributed by atoms with Crippen molar-refractivity contribution in [2.75, 3.05) is 5.32 Å². The SMILES string of the molecule is O=C(O)c1cnc(Nc2cccc(O)c2)cn1. The molecule has 86 valence electrons. The summed E-state index contributed by atoms with van der Waals surface area (Å²) in [6.45, 7) is 0. The predicted molar refractivity (Wildman–Crippen MR) is 60.4 cm³/mol. The summed E-state index contributed by atoms with van der Waals surface area (Å²) in [6.07, 6.45) is 2.47. The van der Waals surface area contributed by atoms with Crippen LogP contribution in [0.3, 0.4) is 0 Å². The highest BCUT2D eigenvalue weighted by Gasteiger charge is 2.04. The Kier molecular flexibility index (Phi) is 2.87. The van der Waals surface area contributed by atoms with Gasteiger partial charge in [-0.1, -0.05) is 6.07 Å². The second kappa shape index (κ2) is 4.48. The van der Waals surface area contributed by atoms with Crippen LogP contribution in [0.2, 0.25) is 0 Å². The molecule has 0 atom stereocenters. The zero-order valence-corrected chi connectivity index (χ0v) is 8.66. The number of phenols is 1. The van der Waals surface area contributed by atoms with Crippen LogP contribution in [-0.2, 0) is 0 Å². The van der Waals surface area contributed by atoms with Crippen molar-refractivity contribution in [2.45, 2.75) is 0 Å². The minimum atomic E-state index is -1.12. The van der Waals surface area contributed by atoms with E-state index in [1.807, 2.05) is 0 Å². The molecule has 0 aliphatic heterocycles. The molecule has 0 saturated heterocycles. The lowest BCUT2D eigenvalue weighted by molar-refractivity contribution is 0.0690. The standard InChI is InChI=1S/C11H9N3O3/c15-8-3-1-2-7(4-8)14-10-6-12-9(5-13-10)11(16)17/h1-6,15H,(H,13,14)(H,16,17). The van der Waals surface area contributed by atoms with E-state index in [-0.39, 0.29) is 11.4 Å². The van der Waals surface area contributed by atoms with Crippen molar-refractivity contribution in [2.24, 2.45) is 0 Å². The average molecular weight is 231 g/mol. The van der Waals surface area contributed by atoms with E-state index >= 15 is 0 Å². The number of hydrogen-bond donors (Lipinski definition) is 3. The molecule has 0 aliphatic rings. The lowest BCUT2D eigenvalue weighted by Crippen LogP contribution is -2.02. The third-order valence-corrected chi connectivity index (χ3v) is 1.99. The molecule has 0 bridgehead atoms. The molecule has 0 unspecified atom stereocenters. The topological polar surface area (TPSA) is 95.3 Å². The predicted octanol–water partition coefficient (Wildman–Crippen LogP) is 1.62. The Bertz CT molecular complexity index is 540. The van der Waals surface area contributed by atoms with E-state index in [0.717, 1.165) is 6.20 Å². The van der Waals surface area contributed by atoms with Gasteiger partial charge in [-0.05, 0) is 12.1 Å². The zero-order chi connectivity index (χ0) is 12.3. The number of carboxylic acids is 1. The van der Waals surface area contributed by atoms with E-state index in [4.69, 9.17) is 5.11 Å².